The molecule has 0 radical (unpaired) electrons. The van der Waals surface area contributed by atoms with Crippen LogP contribution in [0.5, 0.6) is 0 Å². The average molecular weight is 262 g/mol. The highest BCUT2D eigenvalue weighted by Crippen LogP contribution is 2.23. The molecule has 5 heteroatoms. The number of benzene rings is 1. The maximum Gasteiger partial charge on any atom is 0.270 e. The molecule has 0 saturated heterocycles. The van der Waals surface area contributed by atoms with Crippen LogP contribution >= 0.6 is 11.3 Å². The molecule has 2 N–H and O–H groups in total. The number of aromatic nitrogens is 1. The topological polar surface area (TPSA) is 62.2 Å². The smallest absolute Gasteiger partial charge is 0.270 e. The van der Waals surface area contributed by atoms with Gasteiger partial charge in [0.25, 0.3) is 5.91 Å². The van der Waals surface area contributed by atoms with E-state index in [1.807, 2.05) is 30.3 Å². The molecule has 0 atom stereocenters. The number of nitrogens with zero attached hydrogens (tertiary/aromatic N) is 1. The van der Waals surface area contributed by atoms with Gasteiger partial charge < -0.3 is 10.4 Å². The number of thiazole rings is 1. The number of rotatable bonds is 5. The predicted octanol–water partition coefficient (Wildman–Crippen LogP) is 1.92. The lowest BCUT2D eigenvalue weighted by Gasteiger charge is -2.00. The first kappa shape index (κ1) is 12.7. The van der Waals surface area contributed by atoms with E-state index in [1.54, 1.807) is 5.38 Å². The van der Waals surface area contributed by atoms with Gasteiger partial charge in [-0.15, -0.1) is 11.3 Å². The minimum atomic E-state index is -0.193. The van der Waals surface area contributed by atoms with Crippen molar-refractivity contribution in [2.45, 2.75) is 6.42 Å². The number of hydrogen-bond donors (Lipinski definition) is 2. The maximum absolute atomic E-state index is 11.7. The van der Waals surface area contributed by atoms with E-state index in [0.717, 1.165) is 10.6 Å². The van der Waals surface area contributed by atoms with Gasteiger partial charge in [-0.05, 0) is 6.42 Å². The lowest BCUT2D eigenvalue weighted by atomic mass is 10.2. The zero-order valence-electron chi connectivity index (χ0n) is 9.80. The van der Waals surface area contributed by atoms with Crippen molar-refractivity contribution in [3.05, 3.63) is 41.4 Å². The normalized spacial score (nSPS) is 10.3. The summed E-state index contributed by atoms with van der Waals surface area (Å²) in [6, 6.07) is 9.76. The zero-order valence-corrected chi connectivity index (χ0v) is 10.6. The number of carbonyl (C=O) groups is 1. The second-order valence-corrected chi connectivity index (χ2v) is 4.60. The zero-order chi connectivity index (χ0) is 12.8. The highest BCUT2D eigenvalue weighted by Gasteiger charge is 2.10. The number of carbonyl (C=O) groups excluding carboxylic acids is 1. The molecular formula is C13H14N2O2S. The molecule has 18 heavy (non-hydrogen) atoms. The van der Waals surface area contributed by atoms with E-state index < -0.39 is 0 Å². The van der Waals surface area contributed by atoms with E-state index >= 15 is 0 Å². The Labute approximate surface area is 109 Å². The van der Waals surface area contributed by atoms with Gasteiger partial charge in [-0.25, -0.2) is 4.98 Å². The molecule has 0 saturated carbocycles. The molecular weight excluding hydrogens is 248 g/mol. The Balaban J connectivity index is 2.04. The fourth-order valence-corrected chi connectivity index (χ4v) is 2.27. The summed E-state index contributed by atoms with van der Waals surface area (Å²) >= 11 is 1.45. The van der Waals surface area contributed by atoms with Crippen molar-refractivity contribution in [2.75, 3.05) is 13.2 Å². The van der Waals surface area contributed by atoms with Crippen molar-refractivity contribution in [3.63, 3.8) is 0 Å². The molecule has 2 aromatic rings. The fourth-order valence-electron chi connectivity index (χ4n) is 1.46. The van der Waals surface area contributed by atoms with E-state index in [4.69, 9.17) is 5.11 Å². The van der Waals surface area contributed by atoms with Gasteiger partial charge in [0.05, 0.1) is 0 Å². The maximum atomic E-state index is 11.7. The Morgan fingerprint density at radius 3 is 2.83 bits per heavy atom. The number of amides is 1. The van der Waals surface area contributed by atoms with Gasteiger partial charge in [-0.2, -0.15) is 0 Å². The van der Waals surface area contributed by atoms with Gasteiger partial charge in [0.15, 0.2) is 0 Å². The van der Waals surface area contributed by atoms with Crippen molar-refractivity contribution in [1.82, 2.24) is 10.3 Å². The molecule has 2 rings (SSSR count). The number of nitrogens with one attached hydrogen (secondary N) is 1. The van der Waals surface area contributed by atoms with Crippen LogP contribution in [0.1, 0.15) is 16.9 Å². The molecule has 94 valence electrons. The predicted molar refractivity (Wildman–Crippen MR) is 71.6 cm³/mol. The minimum Gasteiger partial charge on any atom is -0.396 e. The highest BCUT2D eigenvalue weighted by molar-refractivity contribution is 7.13. The molecule has 4 nitrogen and oxygen atoms in total. The Morgan fingerprint density at radius 1 is 1.33 bits per heavy atom. The monoisotopic (exact) mass is 262 g/mol. The Bertz CT molecular complexity index is 511. The molecule has 0 fully saturated rings. The third kappa shape index (κ3) is 3.15. The molecule has 0 aliphatic carbocycles. The van der Waals surface area contributed by atoms with E-state index in [0.29, 0.717) is 18.7 Å². The van der Waals surface area contributed by atoms with Crippen LogP contribution in [0, 0.1) is 0 Å². The largest absolute Gasteiger partial charge is 0.396 e. The Morgan fingerprint density at radius 2 is 2.11 bits per heavy atom. The Hall–Kier alpha value is -1.72. The first-order chi connectivity index (χ1) is 8.81. The lowest BCUT2D eigenvalue weighted by Crippen LogP contribution is -2.25. The third-order valence-electron chi connectivity index (χ3n) is 2.38. The number of aliphatic hydroxyl groups is 1. The average Bonchev–Trinajstić information content (AvgIpc) is 2.89. The summed E-state index contributed by atoms with van der Waals surface area (Å²) < 4.78 is 0. The van der Waals surface area contributed by atoms with Crippen LogP contribution in [0.15, 0.2) is 35.7 Å². The number of aliphatic hydroxyl groups excluding tert-OH is 1. The molecule has 1 heterocycles. The van der Waals surface area contributed by atoms with Gasteiger partial charge in [-0.1, -0.05) is 30.3 Å². The fraction of sp³-hybridized carbons (Fsp3) is 0.231. The van der Waals surface area contributed by atoms with Gasteiger partial charge in [-0.3, -0.25) is 4.79 Å². The van der Waals surface area contributed by atoms with E-state index in [-0.39, 0.29) is 12.5 Å². The first-order valence-electron chi connectivity index (χ1n) is 5.71. The van der Waals surface area contributed by atoms with Crippen LogP contribution in [0.3, 0.4) is 0 Å². The molecule has 0 aliphatic rings. The van der Waals surface area contributed by atoms with E-state index in [2.05, 4.69) is 10.3 Å². The second kappa shape index (κ2) is 6.28. The van der Waals surface area contributed by atoms with Crippen LogP contribution in [0.2, 0.25) is 0 Å². The summed E-state index contributed by atoms with van der Waals surface area (Å²) in [4.78, 5) is 16.0. The Kier molecular flexibility index (Phi) is 4.44. The summed E-state index contributed by atoms with van der Waals surface area (Å²) in [7, 11) is 0. The van der Waals surface area contributed by atoms with Gasteiger partial charge in [0.1, 0.15) is 10.7 Å². The second-order valence-electron chi connectivity index (χ2n) is 3.74. The van der Waals surface area contributed by atoms with Gasteiger partial charge >= 0.3 is 0 Å². The van der Waals surface area contributed by atoms with E-state index in [9.17, 15) is 4.79 Å². The van der Waals surface area contributed by atoms with Crippen molar-refractivity contribution >= 4 is 17.2 Å². The van der Waals surface area contributed by atoms with Gasteiger partial charge in [0.2, 0.25) is 0 Å². The molecule has 0 spiro atoms. The van der Waals surface area contributed by atoms with E-state index in [1.165, 1.54) is 11.3 Å². The summed E-state index contributed by atoms with van der Waals surface area (Å²) in [5, 5.41) is 13.9. The molecule has 1 amide bonds. The summed E-state index contributed by atoms with van der Waals surface area (Å²) in [6.45, 7) is 0.542. The molecule has 0 bridgehead atoms. The molecule has 1 aromatic carbocycles. The lowest BCUT2D eigenvalue weighted by molar-refractivity contribution is 0.0947. The van der Waals surface area contributed by atoms with Crippen molar-refractivity contribution in [1.29, 1.82) is 0 Å². The van der Waals surface area contributed by atoms with Crippen molar-refractivity contribution in [3.8, 4) is 10.6 Å². The first-order valence-corrected chi connectivity index (χ1v) is 6.59. The van der Waals surface area contributed by atoms with Crippen LogP contribution in [0.4, 0.5) is 0 Å². The van der Waals surface area contributed by atoms with Crippen molar-refractivity contribution in [2.24, 2.45) is 0 Å². The molecule has 0 unspecified atom stereocenters. The summed E-state index contributed by atoms with van der Waals surface area (Å²) in [6.07, 6.45) is 0.557. The summed E-state index contributed by atoms with van der Waals surface area (Å²) in [5.74, 6) is -0.193. The van der Waals surface area contributed by atoms with Crippen LogP contribution < -0.4 is 5.32 Å². The van der Waals surface area contributed by atoms with Gasteiger partial charge in [0, 0.05) is 24.1 Å². The van der Waals surface area contributed by atoms with Crippen molar-refractivity contribution < 1.29 is 9.90 Å². The third-order valence-corrected chi connectivity index (χ3v) is 3.27. The molecule has 0 aliphatic heterocycles. The summed E-state index contributed by atoms with van der Waals surface area (Å²) in [5.41, 5.74) is 1.44. The standard InChI is InChI=1S/C13H14N2O2S/c16-8-4-7-14-12(17)11-9-18-13(15-11)10-5-2-1-3-6-10/h1-3,5-6,9,16H,4,7-8H2,(H,14,17). The minimum absolute atomic E-state index is 0.0760. The quantitative estimate of drug-likeness (QED) is 0.809. The van der Waals surface area contributed by atoms with Crippen LogP contribution in [0.25, 0.3) is 10.6 Å². The van der Waals surface area contributed by atoms with Crippen LogP contribution in [-0.4, -0.2) is 29.1 Å². The highest BCUT2D eigenvalue weighted by atomic mass is 32.1. The van der Waals surface area contributed by atoms with Crippen LogP contribution in [-0.2, 0) is 0 Å². The molecule has 1 aromatic heterocycles. The number of hydrogen-bond acceptors (Lipinski definition) is 4. The SMILES string of the molecule is O=C(NCCCO)c1csc(-c2ccccc2)n1.